The number of rotatable bonds is 4. The van der Waals surface area contributed by atoms with E-state index in [1.807, 2.05) is 29.7 Å². The van der Waals surface area contributed by atoms with E-state index >= 15 is 0 Å². The quantitative estimate of drug-likeness (QED) is 0.823. The summed E-state index contributed by atoms with van der Waals surface area (Å²) in [5.74, 6) is 0.991. The zero-order valence-electron chi connectivity index (χ0n) is 10.6. The van der Waals surface area contributed by atoms with Gasteiger partial charge < -0.3 is 9.30 Å². The van der Waals surface area contributed by atoms with Crippen LogP contribution in [0.1, 0.15) is 11.4 Å². The van der Waals surface area contributed by atoms with E-state index in [1.165, 1.54) is 12.7 Å². The highest BCUT2D eigenvalue weighted by Gasteiger charge is 2.05. The third-order valence-electron chi connectivity index (χ3n) is 2.87. The summed E-state index contributed by atoms with van der Waals surface area (Å²) in [6.07, 6.45) is 2.61. The van der Waals surface area contributed by atoms with Crippen LogP contribution in [0.5, 0.6) is 5.75 Å². The van der Waals surface area contributed by atoms with Crippen LogP contribution in [0.4, 0.5) is 0 Å². The number of aryl methyl sites for hydroxylation is 3. The van der Waals surface area contributed by atoms with Crippen molar-refractivity contribution in [3.63, 3.8) is 0 Å². The standard InChI is InChI=1S/C14H16N2O2/c1-11-15-14(17)13(18-2)10-16(11)9-8-12-6-4-3-5-7-12/h3-7,10H,8-9H2,1-2H3. The minimum Gasteiger partial charge on any atom is -0.490 e. The van der Waals surface area contributed by atoms with Gasteiger partial charge in [0, 0.05) is 6.54 Å². The lowest BCUT2D eigenvalue weighted by molar-refractivity contribution is 0.399. The van der Waals surface area contributed by atoms with Crippen molar-refractivity contribution < 1.29 is 4.74 Å². The molecule has 4 nitrogen and oxygen atoms in total. The van der Waals surface area contributed by atoms with Gasteiger partial charge >= 0.3 is 5.56 Å². The van der Waals surface area contributed by atoms with Crippen molar-refractivity contribution in [2.24, 2.45) is 0 Å². The van der Waals surface area contributed by atoms with Crippen LogP contribution in [-0.2, 0) is 13.0 Å². The first-order valence-electron chi connectivity index (χ1n) is 5.86. The molecule has 1 aromatic heterocycles. The van der Waals surface area contributed by atoms with Gasteiger partial charge in [0.1, 0.15) is 5.82 Å². The third kappa shape index (κ3) is 2.77. The number of nitrogens with zero attached hydrogens (tertiary/aromatic N) is 2. The lowest BCUT2D eigenvalue weighted by Gasteiger charge is -2.11. The first-order valence-corrected chi connectivity index (χ1v) is 5.86. The van der Waals surface area contributed by atoms with Crippen LogP contribution >= 0.6 is 0 Å². The molecule has 4 heteroatoms. The fourth-order valence-electron chi connectivity index (χ4n) is 1.82. The highest BCUT2D eigenvalue weighted by Crippen LogP contribution is 2.06. The number of methoxy groups -OCH3 is 1. The van der Waals surface area contributed by atoms with Crippen molar-refractivity contribution in [3.05, 3.63) is 58.3 Å². The van der Waals surface area contributed by atoms with Gasteiger partial charge in [-0.2, -0.15) is 4.98 Å². The van der Waals surface area contributed by atoms with E-state index in [2.05, 4.69) is 17.1 Å². The Balaban J connectivity index is 2.17. The summed E-state index contributed by atoms with van der Waals surface area (Å²) >= 11 is 0. The van der Waals surface area contributed by atoms with Gasteiger partial charge in [-0.1, -0.05) is 30.3 Å². The fraction of sp³-hybridized carbons (Fsp3) is 0.286. The van der Waals surface area contributed by atoms with Crippen LogP contribution in [0.2, 0.25) is 0 Å². The van der Waals surface area contributed by atoms with Crippen LogP contribution < -0.4 is 10.3 Å². The normalized spacial score (nSPS) is 10.3. The zero-order chi connectivity index (χ0) is 13.0. The van der Waals surface area contributed by atoms with E-state index in [-0.39, 0.29) is 11.3 Å². The number of hydrogen-bond acceptors (Lipinski definition) is 3. The molecule has 0 spiro atoms. The van der Waals surface area contributed by atoms with Gasteiger partial charge in [-0.25, -0.2) is 0 Å². The van der Waals surface area contributed by atoms with Crippen LogP contribution in [0.3, 0.4) is 0 Å². The largest absolute Gasteiger partial charge is 0.490 e. The molecule has 1 heterocycles. The molecule has 0 saturated carbocycles. The predicted molar refractivity (Wildman–Crippen MR) is 69.9 cm³/mol. The lowest BCUT2D eigenvalue weighted by Crippen LogP contribution is -2.17. The topological polar surface area (TPSA) is 44.1 Å². The number of aromatic nitrogens is 2. The molecule has 0 aliphatic rings. The summed E-state index contributed by atoms with van der Waals surface area (Å²) in [6, 6.07) is 10.2. The second-order valence-electron chi connectivity index (χ2n) is 4.09. The smallest absolute Gasteiger partial charge is 0.315 e. The number of hydrogen-bond donors (Lipinski definition) is 0. The van der Waals surface area contributed by atoms with E-state index < -0.39 is 0 Å². The van der Waals surface area contributed by atoms with Gasteiger partial charge in [0.25, 0.3) is 0 Å². The van der Waals surface area contributed by atoms with E-state index in [9.17, 15) is 4.79 Å². The summed E-state index contributed by atoms with van der Waals surface area (Å²) in [7, 11) is 1.48. The van der Waals surface area contributed by atoms with Crippen molar-refractivity contribution in [2.75, 3.05) is 7.11 Å². The minimum absolute atomic E-state index is 0.286. The highest BCUT2D eigenvalue weighted by molar-refractivity contribution is 5.16. The van der Waals surface area contributed by atoms with Crippen LogP contribution in [0.15, 0.2) is 41.3 Å². The molecular formula is C14H16N2O2. The van der Waals surface area contributed by atoms with Gasteiger partial charge in [0.05, 0.1) is 13.3 Å². The van der Waals surface area contributed by atoms with Gasteiger partial charge in [-0.05, 0) is 18.9 Å². The molecule has 2 aromatic rings. The Hall–Kier alpha value is -2.10. The molecule has 0 aliphatic carbocycles. The van der Waals surface area contributed by atoms with Crippen molar-refractivity contribution in [1.29, 1.82) is 0 Å². The van der Waals surface area contributed by atoms with E-state index in [0.717, 1.165) is 13.0 Å². The number of benzene rings is 1. The molecule has 0 amide bonds. The summed E-state index contributed by atoms with van der Waals surface area (Å²) in [4.78, 5) is 15.4. The van der Waals surface area contributed by atoms with E-state index in [1.54, 1.807) is 6.20 Å². The average Bonchev–Trinajstić information content (AvgIpc) is 2.39. The highest BCUT2D eigenvalue weighted by atomic mass is 16.5. The Bertz CT molecular complexity index is 576. The maximum atomic E-state index is 11.4. The van der Waals surface area contributed by atoms with Crippen molar-refractivity contribution in [1.82, 2.24) is 9.55 Å². The number of ether oxygens (including phenoxy) is 1. The molecule has 0 saturated heterocycles. The summed E-state index contributed by atoms with van der Waals surface area (Å²) in [6.45, 7) is 2.60. The maximum absolute atomic E-state index is 11.4. The van der Waals surface area contributed by atoms with Crippen LogP contribution in [0, 0.1) is 6.92 Å². The molecule has 0 fully saturated rings. The molecule has 0 N–H and O–H groups in total. The Labute approximate surface area is 106 Å². The van der Waals surface area contributed by atoms with Gasteiger partial charge in [-0.3, -0.25) is 4.79 Å². The van der Waals surface area contributed by atoms with E-state index in [0.29, 0.717) is 5.82 Å². The Morgan fingerprint density at radius 3 is 2.67 bits per heavy atom. The molecule has 0 atom stereocenters. The van der Waals surface area contributed by atoms with Crippen molar-refractivity contribution in [3.8, 4) is 5.75 Å². The lowest BCUT2D eigenvalue weighted by atomic mass is 10.1. The van der Waals surface area contributed by atoms with Gasteiger partial charge in [0.2, 0.25) is 5.75 Å². The zero-order valence-corrected chi connectivity index (χ0v) is 10.6. The van der Waals surface area contributed by atoms with E-state index in [4.69, 9.17) is 4.74 Å². The molecule has 2 rings (SSSR count). The third-order valence-corrected chi connectivity index (χ3v) is 2.87. The second-order valence-corrected chi connectivity index (χ2v) is 4.09. The minimum atomic E-state index is -0.314. The molecular weight excluding hydrogens is 228 g/mol. The molecule has 0 radical (unpaired) electrons. The molecule has 94 valence electrons. The van der Waals surface area contributed by atoms with Crippen LogP contribution in [-0.4, -0.2) is 16.7 Å². The molecule has 0 aliphatic heterocycles. The summed E-state index contributed by atoms with van der Waals surface area (Å²) < 4.78 is 6.93. The second kappa shape index (κ2) is 5.49. The average molecular weight is 244 g/mol. The van der Waals surface area contributed by atoms with Gasteiger partial charge in [0.15, 0.2) is 0 Å². The Morgan fingerprint density at radius 1 is 1.28 bits per heavy atom. The fourth-order valence-corrected chi connectivity index (χ4v) is 1.82. The van der Waals surface area contributed by atoms with Gasteiger partial charge in [-0.15, -0.1) is 0 Å². The first-order chi connectivity index (χ1) is 8.70. The summed E-state index contributed by atoms with van der Waals surface area (Å²) in [5.41, 5.74) is 0.945. The molecule has 1 aromatic carbocycles. The maximum Gasteiger partial charge on any atom is 0.315 e. The molecule has 18 heavy (non-hydrogen) atoms. The molecule has 0 unspecified atom stereocenters. The molecule has 0 bridgehead atoms. The monoisotopic (exact) mass is 244 g/mol. The Kier molecular flexibility index (Phi) is 3.77. The van der Waals surface area contributed by atoms with Crippen LogP contribution in [0.25, 0.3) is 0 Å². The van der Waals surface area contributed by atoms with Crippen molar-refractivity contribution >= 4 is 0 Å². The SMILES string of the molecule is COc1cn(CCc2ccccc2)c(C)nc1=O. The first kappa shape index (κ1) is 12.4. The van der Waals surface area contributed by atoms with Crippen molar-refractivity contribution in [2.45, 2.75) is 19.9 Å². The summed E-state index contributed by atoms with van der Waals surface area (Å²) in [5, 5.41) is 0. The predicted octanol–water partition coefficient (Wildman–Crippen LogP) is 1.80. The Morgan fingerprint density at radius 2 is 2.00 bits per heavy atom.